The van der Waals surface area contributed by atoms with E-state index in [9.17, 15) is 4.21 Å². The van der Waals surface area contributed by atoms with Crippen LogP contribution in [0.3, 0.4) is 0 Å². The number of halogens is 2. The summed E-state index contributed by atoms with van der Waals surface area (Å²) in [6, 6.07) is 4.28. The summed E-state index contributed by atoms with van der Waals surface area (Å²) in [5.41, 5.74) is 0. The van der Waals surface area contributed by atoms with Gasteiger partial charge in [0.2, 0.25) is 0 Å². The highest BCUT2D eigenvalue weighted by Gasteiger charge is 2.02. The van der Waals surface area contributed by atoms with Gasteiger partial charge in [0, 0.05) is 10.0 Å². The lowest BCUT2D eigenvalue weighted by Crippen LogP contribution is -1.87. The Balaban J connectivity index is 3.19. The van der Waals surface area contributed by atoms with Gasteiger partial charge in [-0.1, -0.05) is 23.2 Å². The molecule has 1 rings (SSSR count). The molecule has 0 aromatic heterocycles. The molecule has 0 aliphatic rings. The van der Waals surface area contributed by atoms with Crippen molar-refractivity contribution in [2.45, 2.75) is 4.90 Å². The number of rotatable bonds is 1. The zero-order chi connectivity index (χ0) is 8.43. The average Bonchev–Trinajstić information content (AvgIpc) is 1.85. The van der Waals surface area contributed by atoms with Crippen molar-refractivity contribution < 1.29 is 8.76 Å². The molecule has 0 aliphatic carbocycles. The molecule has 0 heterocycles. The van der Waals surface area contributed by atoms with Crippen molar-refractivity contribution in [1.82, 2.24) is 0 Å². The van der Waals surface area contributed by atoms with Crippen LogP contribution in [-0.4, -0.2) is 8.76 Å². The van der Waals surface area contributed by atoms with E-state index in [1.165, 1.54) is 18.2 Å². The van der Waals surface area contributed by atoms with Crippen molar-refractivity contribution in [2.24, 2.45) is 0 Å². The van der Waals surface area contributed by atoms with Gasteiger partial charge in [0.15, 0.2) is 11.1 Å². The van der Waals surface area contributed by atoms with Crippen molar-refractivity contribution in [1.29, 1.82) is 0 Å². The van der Waals surface area contributed by atoms with Crippen LogP contribution in [-0.2, 0) is 11.1 Å². The molecule has 0 aliphatic heterocycles. The third-order valence-corrected chi connectivity index (χ3v) is 2.11. The Labute approximate surface area is 76.4 Å². The Morgan fingerprint density at radius 3 is 2.00 bits per heavy atom. The van der Waals surface area contributed by atoms with E-state index < -0.39 is 11.1 Å². The monoisotopic (exact) mass is 210 g/mol. The van der Waals surface area contributed by atoms with Gasteiger partial charge in [-0.2, -0.15) is 0 Å². The van der Waals surface area contributed by atoms with Crippen molar-refractivity contribution in [3.8, 4) is 0 Å². The van der Waals surface area contributed by atoms with Crippen LogP contribution in [0.4, 0.5) is 0 Å². The molecule has 0 bridgehead atoms. The second-order valence-corrected chi connectivity index (χ2v) is 3.70. The first kappa shape index (κ1) is 9.00. The summed E-state index contributed by atoms with van der Waals surface area (Å²) < 4.78 is 19.1. The van der Waals surface area contributed by atoms with Crippen LogP contribution < -0.4 is 0 Å². The molecular formula is C6H4Cl2O2S. The minimum Gasteiger partial charge on any atom is -0.302 e. The third kappa shape index (κ3) is 2.45. The molecule has 0 amide bonds. The van der Waals surface area contributed by atoms with Crippen LogP contribution in [0.5, 0.6) is 0 Å². The first-order valence-corrected chi connectivity index (χ1v) is 4.53. The maximum Gasteiger partial charge on any atom is 0.186 e. The predicted molar refractivity (Wildman–Crippen MR) is 45.5 cm³/mol. The fourth-order valence-corrected chi connectivity index (χ4v) is 1.74. The van der Waals surface area contributed by atoms with Crippen LogP contribution in [0.1, 0.15) is 0 Å². The molecule has 1 atom stereocenters. The molecule has 0 spiro atoms. The fourth-order valence-electron chi connectivity index (χ4n) is 0.629. The second-order valence-electron chi connectivity index (χ2n) is 1.85. The molecule has 0 saturated heterocycles. The van der Waals surface area contributed by atoms with Crippen molar-refractivity contribution in [2.75, 3.05) is 0 Å². The minimum absolute atomic E-state index is 0.211. The van der Waals surface area contributed by atoms with E-state index in [4.69, 9.17) is 27.8 Å². The van der Waals surface area contributed by atoms with Crippen molar-refractivity contribution in [3.05, 3.63) is 28.2 Å². The van der Waals surface area contributed by atoms with Gasteiger partial charge in [-0.25, -0.2) is 4.21 Å². The third-order valence-electron chi connectivity index (χ3n) is 1.04. The first-order valence-electron chi connectivity index (χ1n) is 2.66. The largest absolute Gasteiger partial charge is 0.302 e. The number of hydrogen-bond acceptors (Lipinski definition) is 1. The smallest absolute Gasteiger partial charge is 0.186 e. The normalized spacial score (nSPS) is 13.0. The maximum absolute atomic E-state index is 10.5. The SMILES string of the molecule is O=S(O)c1cc(Cl)cc(Cl)c1. The highest BCUT2D eigenvalue weighted by Crippen LogP contribution is 2.20. The molecule has 0 radical (unpaired) electrons. The molecular weight excluding hydrogens is 207 g/mol. The van der Waals surface area contributed by atoms with Crippen LogP contribution in [0.25, 0.3) is 0 Å². The minimum atomic E-state index is -2.02. The molecule has 0 saturated carbocycles. The number of benzene rings is 1. The van der Waals surface area contributed by atoms with Gasteiger partial charge >= 0.3 is 0 Å². The van der Waals surface area contributed by atoms with E-state index in [1.807, 2.05) is 0 Å². The van der Waals surface area contributed by atoms with Crippen LogP contribution in [0, 0.1) is 0 Å². The number of hydrogen-bond donors (Lipinski definition) is 1. The molecule has 11 heavy (non-hydrogen) atoms. The molecule has 1 N–H and O–H groups in total. The molecule has 1 aromatic carbocycles. The summed E-state index contributed by atoms with van der Waals surface area (Å²) >= 11 is 9.11. The molecule has 1 aromatic rings. The Kier molecular flexibility index (Phi) is 2.90. The molecule has 60 valence electrons. The highest BCUT2D eigenvalue weighted by atomic mass is 35.5. The predicted octanol–water partition coefficient (Wildman–Crippen LogP) is 2.57. The van der Waals surface area contributed by atoms with Crippen LogP contribution in [0.2, 0.25) is 10.0 Å². The topological polar surface area (TPSA) is 37.3 Å². The molecule has 1 unspecified atom stereocenters. The Bertz CT molecular complexity index is 280. The summed E-state index contributed by atoms with van der Waals surface area (Å²) in [6.07, 6.45) is 0. The van der Waals surface area contributed by atoms with E-state index in [-0.39, 0.29) is 4.90 Å². The van der Waals surface area contributed by atoms with Gasteiger partial charge < -0.3 is 4.55 Å². The zero-order valence-corrected chi connectivity index (χ0v) is 7.58. The first-order chi connectivity index (χ1) is 5.09. The quantitative estimate of drug-likeness (QED) is 0.724. The summed E-state index contributed by atoms with van der Waals surface area (Å²) in [7, 11) is 0. The Morgan fingerprint density at radius 1 is 1.18 bits per heavy atom. The average molecular weight is 211 g/mol. The van der Waals surface area contributed by atoms with Gasteiger partial charge in [0.1, 0.15) is 0 Å². The standard InChI is InChI=1S/C6H4Cl2O2S/c7-4-1-5(8)3-6(2-4)11(9)10/h1-3H,(H,9,10). The Hall–Kier alpha value is -0.0900. The summed E-state index contributed by atoms with van der Waals surface area (Å²) in [5, 5.41) is 0.713. The van der Waals surface area contributed by atoms with Crippen LogP contribution in [0.15, 0.2) is 23.1 Å². The van der Waals surface area contributed by atoms with Gasteiger partial charge in [-0.05, 0) is 18.2 Å². The van der Waals surface area contributed by atoms with E-state index in [0.717, 1.165) is 0 Å². The summed E-state index contributed by atoms with van der Waals surface area (Å²) in [4.78, 5) is 0.211. The highest BCUT2D eigenvalue weighted by molar-refractivity contribution is 7.79. The molecule has 5 heteroatoms. The second kappa shape index (κ2) is 3.54. The van der Waals surface area contributed by atoms with Crippen molar-refractivity contribution in [3.63, 3.8) is 0 Å². The lowest BCUT2D eigenvalue weighted by molar-refractivity contribution is 0.564. The van der Waals surface area contributed by atoms with E-state index in [1.54, 1.807) is 0 Å². The van der Waals surface area contributed by atoms with Gasteiger partial charge in [0.25, 0.3) is 0 Å². The van der Waals surface area contributed by atoms with E-state index >= 15 is 0 Å². The lowest BCUT2D eigenvalue weighted by Gasteiger charge is -1.96. The Morgan fingerprint density at radius 2 is 1.64 bits per heavy atom. The summed E-state index contributed by atoms with van der Waals surface area (Å²) in [5.74, 6) is 0. The van der Waals surface area contributed by atoms with Crippen LogP contribution >= 0.6 is 23.2 Å². The lowest BCUT2D eigenvalue weighted by atomic mass is 10.4. The molecule has 2 nitrogen and oxygen atoms in total. The zero-order valence-electron chi connectivity index (χ0n) is 5.25. The van der Waals surface area contributed by atoms with Gasteiger partial charge in [-0.3, -0.25) is 0 Å². The van der Waals surface area contributed by atoms with Crippen molar-refractivity contribution >= 4 is 34.3 Å². The molecule has 0 fully saturated rings. The van der Waals surface area contributed by atoms with E-state index in [0.29, 0.717) is 10.0 Å². The van der Waals surface area contributed by atoms with Gasteiger partial charge in [0.05, 0.1) is 4.90 Å². The summed E-state index contributed by atoms with van der Waals surface area (Å²) in [6.45, 7) is 0. The fraction of sp³-hybridized carbons (Fsp3) is 0. The van der Waals surface area contributed by atoms with Gasteiger partial charge in [-0.15, -0.1) is 0 Å². The maximum atomic E-state index is 10.5. The van der Waals surface area contributed by atoms with E-state index in [2.05, 4.69) is 0 Å².